The molecule has 2 rings (SSSR count). The number of nitrogens with two attached hydrogens (primary N) is 2. The third kappa shape index (κ3) is 2.06. The van der Waals surface area contributed by atoms with E-state index in [1.165, 1.54) is 0 Å². The molecule has 0 bridgehead atoms. The van der Waals surface area contributed by atoms with Crippen molar-refractivity contribution in [2.75, 3.05) is 23.4 Å². The van der Waals surface area contributed by atoms with Crippen LogP contribution in [0.1, 0.15) is 0 Å². The lowest BCUT2D eigenvalue weighted by molar-refractivity contribution is 1.18. The summed E-state index contributed by atoms with van der Waals surface area (Å²) in [7, 11) is 1.96. The zero-order valence-corrected chi connectivity index (χ0v) is 9.09. The Hall–Kier alpha value is -2.23. The summed E-state index contributed by atoms with van der Waals surface area (Å²) in [6.45, 7) is 0. The van der Waals surface area contributed by atoms with Gasteiger partial charge in [0.25, 0.3) is 0 Å². The van der Waals surface area contributed by atoms with Gasteiger partial charge in [-0.1, -0.05) is 0 Å². The number of hydrogen-bond donors (Lipinski definition) is 2. The summed E-state index contributed by atoms with van der Waals surface area (Å²) in [5.74, 6) is 0. The van der Waals surface area contributed by atoms with Crippen molar-refractivity contribution < 1.29 is 0 Å². The highest BCUT2D eigenvalue weighted by atomic mass is 15.1. The topological polar surface area (TPSA) is 68.2 Å². The molecular formula is C12H14N4. The van der Waals surface area contributed by atoms with Crippen LogP contribution < -0.4 is 16.4 Å². The molecule has 4 N–H and O–H groups in total. The maximum Gasteiger partial charge on any atom is 0.0615 e. The van der Waals surface area contributed by atoms with Gasteiger partial charge in [-0.3, -0.25) is 4.98 Å². The normalized spacial score (nSPS) is 10.1. The molecule has 0 aliphatic carbocycles. The molecule has 2 aromatic rings. The van der Waals surface area contributed by atoms with Crippen LogP contribution in [0.3, 0.4) is 0 Å². The molecule has 0 unspecified atom stereocenters. The largest absolute Gasteiger partial charge is 0.399 e. The Morgan fingerprint density at radius 1 is 0.938 bits per heavy atom. The first-order valence-electron chi connectivity index (χ1n) is 4.96. The number of nitrogens with zero attached hydrogens (tertiary/aromatic N) is 2. The highest BCUT2D eigenvalue weighted by Crippen LogP contribution is 2.24. The molecule has 0 fully saturated rings. The number of rotatable bonds is 2. The third-order valence-corrected chi connectivity index (χ3v) is 2.41. The molecule has 0 aliphatic heterocycles. The molecule has 0 saturated carbocycles. The van der Waals surface area contributed by atoms with Crippen LogP contribution >= 0.6 is 0 Å². The van der Waals surface area contributed by atoms with E-state index in [0.29, 0.717) is 5.69 Å². The summed E-state index contributed by atoms with van der Waals surface area (Å²) in [5.41, 5.74) is 14.7. The van der Waals surface area contributed by atoms with Gasteiger partial charge in [0.05, 0.1) is 17.6 Å². The van der Waals surface area contributed by atoms with Gasteiger partial charge in [0, 0.05) is 24.6 Å². The summed E-state index contributed by atoms with van der Waals surface area (Å²) in [6.07, 6.45) is 3.40. The fraction of sp³-hybridized carbons (Fsp3) is 0.0833. The molecule has 0 spiro atoms. The van der Waals surface area contributed by atoms with Crippen LogP contribution in [0.2, 0.25) is 0 Å². The van der Waals surface area contributed by atoms with E-state index in [0.717, 1.165) is 17.1 Å². The Bertz CT molecular complexity index is 479. The van der Waals surface area contributed by atoms with E-state index in [4.69, 9.17) is 11.5 Å². The minimum absolute atomic E-state index is 0.653. The van der Waals surface area contributed by atoms with Gasteiger partial charge in [0.1, 0.15) is 0 Å². The second kappa shape index (κ2) is 4.10. The first-order valence-corrected chi connectivity index (χ1v) is 4.96. The van der Waals surface area contributed by atoms with Crippen molar-refractivity contribution in [1.29, 1.82) is 0 Å². The standard InChI is InChI=1S/C12H14N4/c1-16(11-4-2-9(13)3-5-11)12-6-10(14)7-15-8-12/h2-8H,13-14H2,1H3. The monoisotopic (exact) mass is 214 g/mol. The number of nitrogen functional groups attached to an aromatic ring is 2. The van der Waals surface area contributed by atoms with Crippen LogP contribution in [0, 0.1) is 0 Å². The van der Waals surface area contributed by atoms with Crippen LogP contribution in [-0.2, 0) is 0 Å². The van der Waals surface area contributed by atoms with E-state index < -0.39 is 0 Å². The quantitative estimate of drug-likeness (QED) is 0.750. The summed E-state index contributed by atoms with van der Waals surface area (Å²) < 4.78 is 0. The second-order valence-electron chi connectivity index (χ2n) is 3.63. The average Bonchev–Trinajstić information content (AvgIpc) is 2.29. The molecule has 16 heavy (non-hydrogen) atoms. The van der Waals surface area contributed by atoms with Gasteiger partial charge in [0.2, 0.25) is 0 Å². The zero-order chi connectivity index (χ0) is 11.5. The Labute approximate surface area is 94.5 Å². The molecular weight excluding hydrogens is 200 g/mol. The summed E-state index contributed by atoms with van der Waals surface area (Å²) in [4.78, 5) is 6.06. The van der Waals surface area contributed by atoms with Gasteiger partial charge < -0.3 is 16.4 Å². The minimum atomic E-state index is 0.653. The second-order valence-corrected chi connectivity index (χ2v) is 3.63. The highest BCUT2D eigenvalue weighted by Gasteiger charge is 2.03. The molecule has 0 amide bonds. The lowest BCUT2D eigenvalue weighted by Crippen LogP contribution is -2.10. The van der Waals surface area contributed by atoms with Crippen LogP contribution in [0.15, 0.2) is 42.7 Å². The van der Waals surface area contributed by atoms with Crippen molar-refractivity contribution in [3.63, 3.8) is 0 Å². The molecule has 1 heterocycles. The molecule has 0 atom stereocenters. The Kier molecular flexibility index (Phi) is 2.64. The Balaban J connectivity index is 2.31. The van der Waals surface area contributed by atoms with E-state index in [1.807, 2.05) is 42.3 Å². The summed E-state index contributed by atoms with van der Waals surface area (Å²) in [5, 5.41) is 0. The maximum atomic E-state index is 5.69. The van der Waals surface area contributed by atoms with Gasteiger partial charge >= 0.3 is 0 Å². The van der Waals surface area contributed by atoms with Crippen LogP contribution in [0.5, 0.6) is 0 Å². The Morgan fingerprint density at radius 3 is 2.25 bits per heavy atom. The SMILES string of the molecule is CN(c1ccc(N)cc1)c1cncc(N)c1. The van der Waals surface area contributed by atoms with Crippen LogP contribution in [-0.4, -0.2) is 12.0 Å². The Morgan fingerprint density at radius 2 is 1.62 bits per heavy atom. The molecule has 0 saturated heterocycles. The van der Waals surface area contributed by atoms with Gasteiger partial charge in [-0.2, -0.15) is 0 Å². The lowest BCUT2D eigenvalue weighted by Gasteiger charge is -2.19. The number of benzene rings is 1. The fourth-order valence-corrected chi connectivity index (χ4v) is 1.48. The first kappa shape index (κ1) is 10.3. The zero-order valence-electron chi connectivity index (χ0n) is 9.09. The molecule has 4 nitrogen and oxygen atoms in total. The molecule has 82 valence electrons. The number of pyridine rings is 1. The average molecular weight is 214 g/mol. The molecule has 4 heteroatoms. The van der Waals surface area contributed by atoms with E-state index in [1.54, 1.807) is 12.4 Å². The maximum absolute atomic E-state index is 5.69. The van der Waals surface area contributed by atoms with Crippen LogP contribution in [0.25, 0.3) is 0 Å². The van der Waals surface area contributed by atoms with Crippen molar-refractivity contribution in [2.45, 2.75) is 0 Å². The van der Waals surface area contributed by atoms with Gasteiger partial charge in [-0.25, -0.2) is 0 Å². The molecule has 1 aromatic heterocycles. The smallest absolute Gasteiger partial charge is 0.0615 e. The first-order chi connectivity index (χ1) is 7.66. The van der Waals surface area contributed by atoms with E-state index in [-0.39, 0.29) is 0 Å². The minimum Gasteiger partial charge on any atom is -0.399 e. The van der Waals surface area contributed by atoms with Crippen molar-refractivity contribution in [2.24, 2.45) is 0 Å². The van der Waals surface area contributed by atoms with E-state index in [2.05, 4.69) is 4.98 Å². The van der Waals surface area contributed by atoms with Crippen LogP contribution in [0.4, 0.5) is 22.7 Å². The summed E-state index contributed by atoms with van der Waals surface area (Å²) >= 11 is 0. The number of anilines is 4. The van der Waals surface area contributed by atoms with Crippen molar-refractivity contribution in [1.82, 2.24) is 4.98 Å². The summed E-state index contributed by atoms with van der Waals surface area (Å²) in [6, 6.07) is 9.53. The third-order valence-electron chi connectivity index (χ3n) is 2.41. The van der Waals surface area contributed by atoms with E-state index >= 15 is 0 Å². The predicted octanol–water partition coefficient (Wildman–Crippen LogP) is 2.01. The highest BCUT2D eigenvalue weighted by molar-refractivity contribution is 5.65. The molecule has 0 aliphatic rings. The number of aromatic nitrogens is 1. The molecule has 1 aromatic carbocycles. The predicted molar refractivity (Wildman–Crippen MR) is 67.6 cm³/mol. The number of hydrogen-bond acceptors (Lipinski definition) is 4. The lowest BCUT2D eigenvalue weighted by atomic mass is 10.2. The van der Waals surface area contributed by atoms with Gasteiger partial charge in [0.15, 0.2) is 0 Å². The van der Waals surface area contributed by atoms with Crippen molar-refractivity contribution in [3.05, 3.63) is 42.7 Å². The van der Waals surface area contributed by atoms with Crippen molar-refractivity contribution >= 4 is 22.7 Å². The van der Waals surface area contributed by atoms with Crippen molar-refractivity contribution in [3.8, 4) is 0 Å². The van der Waals surface area contributed by atoms with E-state index in [9.17, 15) is 0 Å². The van der Waals surface area contributed by atoms with Gasteiger partial charge in [-0.15, -0.1) is 0 Å². The fourth-order valence-electron chi connectivity index (χ4n) is 1.48. The van der Waals surface area contributed by atoms with Gasteiger partial charge in [-0.05, 0) is 30.3 Å². The molecule has 0 radical (unpaired) electrons.